The van der Waals surface area contributed by atoms with Gasteiger partial charge in [-0.3, -0.25) is 9.59 Å². The summed E-state index contributed by atoms with van der Waals surface area (Å²) >= 11 is 0. The third kappa shape index (κ3) is 2.79. The van der Waals surface area contributed by atoms with E-state index < -0.39 is 5.54 Å². The van der Waals surface area contributed by atoms with Crippen LogP contribution in [0.25, 0.3) is 10.9 Å². The number of nitrogens with zero attached hydrogens (tertiary/aromatic N) is 2. The highest BCUT2D eigenvalue weighted by atomic mass is 16.5. The first-order valence-corrected chi connectivity index (χ1v) is 11.9. The molecule has 3 aromatic rings. The molecule has 2 aliphatic heterocycles. The molecular formula is C27H29N3O3. The van der Waals surface area contributed by atoms with Crippen LogP contribution in [0.3, 0.4) is 0 Å². The first kappa shape index (κ1) is 20.3. The number of carbonyl (C=O) groups excluding carboxylic acids is 2. The summed E-state index contributed by atoms with van der Waals surface area (Å²) < 4.78 is 5.71. The molecule has 3 aliphatic rings. The van der Waals surface area contributed by atoms with Crippen molar-refractivity contribution in [2.24, 2.45) is 0 Å². The lowest BCUT2D eigenvalue weighted by atomic mass is 9.76. The third-order valence-electron chi connectivity index (χ3n) is 8.05. The summed E-state index contributed by atoms with van der Waals surface area (Å²) in [6.07, 6.45) is 4.21. The Balaban J connectivity index is 1.58. The van der Waals surface area contributed by atoms with E-state index in [0.717, 1.165) is 59.2 Å². The largest absolute Gasteiger partial charge is 0.496 e. The third-order valence-corrected chi connectivity index (χ3v) is 8.05. The Bertz CT molecular complexity index is 1260. The number of carbonyl (C=O) groups is 2. The first-order chi connectivity index (χ1) is 16.0. The summed E-state index contributed by atoms with van der Waals surface area (Å²) in [6, 6.07) is 16.3. The number of H-pyrrole nitrogens is 1. The lowest BCUT2D eigenvalue weighted by Crippen LogP contribution is -2.68. The lowest BCUT2D eigenvalue weighted by Gasteiger charge is -2.52. The fraction of sp³-hybridized carbons (Fsp3) is 0.407. The SMILES string of the molecule is COc1ccccc1C1CN2C(=O)CN(C3CCCC3)C(=O)[C@]2(C)c2[nH]c3ccccc3c21. The van der Waals surface area contributed by atoms with Crippen LogP contribution in [-0.4, -0.2) is 52.8 Å². The van der Waals surface area contributed by atoms with Gasteiger partial charge in [-0.2, -0.15) is 0 Å². The van der Waals surface area contributed by atoms with Gasteiger partial charge in [0.05, 0.1) is 12.8 Å². The van der Waals surface area contributed by atoms with Crippen LogP contribution < -0.4 is 4.74 Å². The van der Waals surface area contributed by atoms with Gasteiger partial charge in [-0.15, -0.1) is 0 Å². The van der Waals surface area contributed by atoms with E-state index in [0.29, 0.717) is 6.54 Å². The van der Waals surface area contributed by atoms with Gasteiger partial charge in [0.1, 0.15) is 12.3 Å². The number of aromatic nitrogens is 1. The molecule has 2 fully saturated rings. The summed E-state index contributed by atoms with van der Waals surface area (Å²) in [5.41, 5.74) is 2.93. The van der Waals surface area contributed by atoms with Crippen molar-refractivity contribution >= 4 is 22.7 Å². The molecule has 0 radical (unpaired) electrons. The Morgan fingerprint density at radius 3 is 2.55 bits per heavy atom. The van der Waals surface area contributed by atoms with Crippen molar-refractivity contribution in [3.63, 3.8) is 0 Å². The summed E-state index contributed by atoms with van der Waals surface area (Å²) in [5, 5.41) is 1.10. The molecule has 6 nitrogen and oxygen atoms in total. The normalized spacial score (nSPS) is 25.5. The molecule has 1 N–H and O–H groups in total. The monoisotopic (exact) mass is 443 g/mol. The van der Waals surface area contributed by atoms with Crippen LogP contribution in [0.2, 0.25) is 0 Å². The fourth-order valence-corrected chi connectivity index (χ4v) is 6.38. The van der Waals surface area contributed by atoms with E-state index in [4.69, 9.17) is 4.74 Å². The average Bonchev–Trinajstić information content (AvgIpc) is 3.50. The van der Waals surface area contributed by atoms with Gasteiger partial charge in [0, 0.05) is 35.0 Å². The molecule has 1 unspecified atom stereocenters. The molecule has 2 aromatic carbocycles. The Morgan fingerprint density at radius 2 is 1.76 bits per heavy atom. The first-order valence-electron chi connectivity index (χ1n) is 11.9. The van der Waals surface area contributed by atoms with Crippen molar-refractivity contribution in [2.45, 2.75) is 50.1 Å². The van der Waals surface area contributed by atoms with Gasteiger partial charge < -0.3 is 19.5 Å². The predicted molar refractivity (Wildman–Crippen MR) is 126 cm³/mol. The summed E-state index contributed by atoms with van der Waals surface area (Å²) in [6.45, 7) is 2.56. The van der Waals surface area contributed by atoms with E-state index in [2.05, 4.69) is 17.1 Å². The summed E-state index contributed by atoms with van der Waals surface area (Å²) in [7, 11) is 1.68. The maximum Gasteiger partial charge on any atom is 0.255 e. The zero-order chi connectivity index (χ0) is 22.7. The smallest absolute Gasteiger partial charge is 0.255 e. The topological polar surface area (TPSA) is 65.6 Å². The maximum atomic E-state index is 14.1. The molecule has 33 heavy (non-hydrogen) atoms. The summed E-state index contributed by atoms with van der Waals surface area (Å²) in [5.74, 6) is 0.773. The standard InChI is InChI=1S/C27H29N3O3/c1-27-25-24(19-12-5-7-13-21(19)28-25)20(18-11-6-8-14-22(18)33-2)15-30(27)23(31)16-29(26(27)32)17-9-3-4-10-17/h5-8,11-14,17,20,28H,3-4,9-10,15-16H2,1-2H3/t20?,27-/m0/s1. The Morgan fingerprint density at radius 1 is 1.03 bits per heavy atom. The number of benzene rings is 2. The second-order valence-corrected chi connectivity index (χ2v) is 9.70. The lowest BCUT2D eigenvalue weighted by molar-refractivity contribution is -0.168. The quantitative estimate of drug-likeness (QED) is 0.661. The number of aromatic amines is 1. The van der Waals surface area contributed by atoms with Gasteiger partial charge in [-0.25, -0.2) is 0 Å². The van der Waals surface area contributed by atoms with Gasteiger partial charge in [-0.1, -0.05) is 49.2 Å². The minimum atomic E-state index is -1.04. The van der Waals surface area contributed by atoms with E-state index in [1.165, 1.54) is 0 Å². The summed E-state index contributed by atoms with van der Waals surface area (Å²) in [4.78, 5) is 35.0. The number of hydrogen-bond donors (Lipinski definition) is 1. The highest BCUT2D eigenvalue weighted by Crippen LogP contribution is 2.50. The van der Waals surface area contributed by atoms with Crippen LogP contribution in [0.5, 0.6) is 5.75 Å². The Kier molecular flexibility index (Phi) is 4.54. The van der Waals surface area contributed by atoms with E-state index in [1.807, 2.05) is 53.1 Å². The highest BCUT2D eigenvalue weighted by Gasteiger charge is 2.57. The zero-order valence-electron chi connectivity index (χ0n) is 19.1. The Hall–Kier alpha value is -3.28. The van der Waals surface area contributed by atoms with E-state index >= 15 is 0 Å². The van der Waals surface area contributed by atoms with Crippen LogP contribution in [0.4, 0.5) is 0 Å². The van der Waals surface area contributed by atoms with Crippen LogP contribution in [0.15, 0.2) is 48.5 Å². The molecule has 6 heteroatoms. The number of hydrogen-bond acceptors (Lipinski definition) is 3. The van der Waals surface area contributed by atoms with Gasteiger partial charge >= 0.3 is 0 Å². The van der Waals surface area contributed by atoms with Crippen LogP contribution >= 0.6 is 0 Å². The molecule has 3 heterocycles. The molecule has 6 rings (SSSR count). The van der Waals surface area contributed by atoms with Gasteiger partial charge in [0.2, 0.25) is 5.91 Å². The number of amides is 2. The minimum Gasteiger partial charge on any atom is -0.496 e. The van der Waals surface area contributed by atoms with E-state index in [9.17, 15) is 9.59 Å². The molecule has 2 amide bonds. The average molecular weight is 444 g/mol. The zero-order valence-corrected chi connectivity index (χ0v) is 19.1. The van der Waals surface area contributed by atoms with Crippen molar-refractivity contribution in [3.8, 4) is 5.75 Å². The van der Waals surface area contributed by atoms with Gasteiger partial charge in [-0.05, 0) is 37.5 Å². The second kappa shape index (κ2) is 7.37. The number of methoxy groups -OCH3 is 1. The molecule has 0 spiro atoms. The van der Waals surface area contributed by atoms with Crippen molar-refractivity contribution in [3.05, 3.63) is 65.4 Å². The highest BCUT2D eigenvalue weighted by molar-refractivity contribution is 6.01. The number of para-hydroxylation sites is 2. The van der Waals surface area contributed by atoms with Crippen LogP contribution in [0, 0.1) is 0 Å². The van der Waals surface area contributed by atoms with Crippen molar-refractivity contribution in [1.29, 1.82) is 0 Å². The number of ether oxygens (including phenoxy) is 1. The predicted octanol–water partition coefficient (Wildman–Crippen LogP) is 4.15. The Labute approximate surface area is 193 Å². The second-order valence-electron chi connectivity index (χ2n) is 9.70. The minimum absolute atomic E-state index is 0.0215. The van der Waals surface area contributed by atoms with Crippen molar-refractivity contribution in [2.75, 3.05) is 20.2 Å². The molecule has 170 valence electrons. The number of rotatable bonds is 3. The van der Waals surface area contributed by atoms with E-state index in [-0.39, 0.29) is 30.3 Å². The van der Waals surface area contributed by atoms with Crippen molar-refractivity contribution in [1.82, 2.24) is 14.8 Å². The van der Waals surface area contributed by atoms with E-state index in [1.54, 1.807) is 7.11 Å². The molecule has 1 aromatic heterocycles. The molecule has 1 saturated carbocycles. The fourth-order valence-electron chi connectivity index (χ4n) is 6.38. The van der Waals surface area contributed by atoms with Gasteiger partial charge in [0.25, 0.3) is 5.91 Å². The van der Waals surface area contributed by atoms with Crippen molar-refractivity contribution < 1.29 is 14.3 Å². The number of nitrogens with one attached hydrogen (secondary N) is 1. The van der Waals surface area contributed by atoms with Gasteiger partial charge in [0.15, 0.2) is 5.54 Å². The molecule has 0 bridgehead atoms. The number of piperazine rings is 1. The molecule has 1 saturated heterocycles. The molecule has 2 atom stereocenters. The van der Waals surface area contributed by atoms with Crippen LogP contribution in [0.1, 0.15) is 55.3 Å². The number of fused-ring (bicyclic) bond motifs is 5. The molecule has 1 aliphatic carbocycles. The molecular weight excluding hydrogens is 414 g/mol. The maximum absolute atomic E-state index is 14.1. The van der Waals surface area contributed by atoms with Crippen LogP contribution in [-0.2, 0) is 15.1 Å².